The minimum atomic E-state index is -1.19. The third-order valence-electron chi connectivity index (χ3n) is 2.59. The number of aliphatic carboxylic acids is 1. The molecule has 0 spiro atoms. The maximum atomic E-state index is 13.5. The summed E-state index contributed by atoms with van der Waals surface area (Å²) in [7, 11) is 0. The number of nitrogens with one attached hydrogen (secondary N) is 1. The van der Waals surface area contributed by atoms with E-state index in [1.54, 1.807) is 0 Å². The van der Waals surface area contributed by atoms with Gasteiger partial charge in [-0.25, -0.2) is 8.78 Å². The first kappa shape index (κ1) is 16.5. The quantitative estimate of drug-likeness (QED) is 0.595. The number of carbonyl (C=O) groups excluding carboxylic acids is 2. The van der Waals surface area contributed by atoms with E-state index in [0.29, 0.717) is 6.07 Å². The van der Waals surface area contributed by atoms with Gasteiger partial charge in [0.1, 0.15) is 11.6 Å². The first-order valence-electron chi connectivity index (χ1n) is 5.79. The lowest BCUT2D eigenvalue weighted by Crippen LogP contribution is -2.36. The van der Waals surface area contributed by atoms with E-state index in [-0.39, 0.29) is 12.8 Å². The van der Waals surface area contributed by atoms with Gasteiger partial charge in [-0.2, -0.15) is 0 Å². The Morgan fingerprint density at radius 3 is 2.38 bits per heavy atom. The predicted molar refractivity (Wildman–Crippen MR) is 68.4 cm³/mol. The average molecular weight is 301 g/mol. The molecule has 0 radical (unpaired) electrons. The Morgan fingerprint density at radius 2 is 1.86 bits per heavy atom. The summed E-state index contributed by atoms with van der Waals surface area (Å²) in [6.07, 6.45) is -0.500. The summed E-state index contributed by atoms with van der Waals surface area (Å²) in [6.45, 7) is 0. The summed E-state index contributed by atoms with van der Waals surface area (Å²) in [6, 6.07) is -0.0459. The predicted octanol–water partition coefficient (Wildman–Crippen LogP) is 0.194. The molecular weight excluding hydrogens is 288 g/mol. The van der Waals surface area contributed by atoms with Crippen molar-refractivity contribution in [3.8, 4) is 0 Å². The van der Waals surface area contributed by atoms with E-state index >= 15 is 0 Å². The maximum absolute atomic E-state index is 13.5. The molecule has 1 unspecified atom stereocenters. The summed E-state index contributed by atoms with van der Waals surface area (Å²) in [5.74, 6) is -5.40. The van der Waals surface area contributed by atoms with Gasteiger partial charge in [-0.1, -0.05) is 0 Å². The lowest BCUT2D eigenvalue weighted by molar-refractivity contribution is -0.137. The third-order valence-corrected chi connectivity index (χ3v) is 2.59. The molecule has 0 fully saturated rings. The summed E-state index contributed by atoms with van der Waals surface area (Å²) in [4.78, 5) is 32.9. The molecule has 0 aliphatic rings. The highest BCUT2D eigenvalue weighted by molar-refractivity contribution is 5.98. The third kappa shape index (κ3) is 4.49. The summed E-state index contributed by atoms with van der Waals surface area (Å²) >= 11 is 0. The van der Waals surface area contributed by atoms with Crippen LogP contribution in [0.2, 0.25) is 0 Å². The molecule has 9 heteroatoms. The fourth-order valence-corrected chi connectivity index (χ4v) is 1.47. The number of rotatable bonds is 6. The van der Waals surface area contributed by atoms with Crippen LogP contribution in [-0.2, 0) is 9.59 Å². The van der Waals surface area contributed by atoms with E-state index in [9.17, 15) is 23.2 Å². The van der Waals surface area contributed by atoms with E-state index in [4.69, 9.17) is 16.6 Å². The molecule has 0 bridgehead atoms. The van der Waals surface area contributed by atoms with Crippen molar-refractivity contribution in [1.82, 2.24) is 0 Å². The SMILES string of the molecule is NC(=O)c1cc(NC(=O)C(N)CCC(=O)O)c(F)cc1F. The molecule has 0 aromatic heterocycles. The number of benzene rings is 1. The minimum Gasteiger partial charge on any atom is -0.481 e. The van der Waals surface area contributed by atoms with Crippen LogP contribution >= 0.6 is 0 Å². The largest absolute Gasteiger partial charge is 0.481 e. The monoisotopic (exact) mass is 301 g/mol. The van der Waals surface area contributed by atoms with Crippen LogP contribution in [0.5, 0.6) is 0 Å². The zero-order valence-electron chi connectivity index (χ0n) is 10.7. The van der Waals surface area contributed by atoms with Crippen LogP contribution in [0.1, 0.15) is 23.2 Å². The van der Waals surface area contributed by atoms with Crippen LogP contribution in [-0.4, -0.2) is 28.9 Å². The number of hydrogen-bond donors (Lipinski definition) is 4. The minimum absolute atomic E-state index is 0.160. The van der Waals surface area contributed by atoms with Gasteiger partial charge in [-0.15, -0.1) is 0 Å². The Bertz CT molecular complexity index is 592. The van der Waals surface area contributed by atoms with Crippen molar-refractivity contribution in [3.63, 3.8) is 0 Å². The van der Waals surface area contributed by atoms with Gasteiger partial charge < -0.3 is 21.9 Å². The average Bonchev–Trinajstić information content (AvgIpc) is 2.38. The molecular formula is C12H13F2N3O4. The number of halogens is 2. The van der Waals surface area contributed by atoms with Gasteiger partial charge in [0.25, 0.3) is 5.91 Å². The molecule has 1 rings (SSSR count). The number of carboxylic acid groups (broad SMARTS) is 1. The second kappa shape index (κ2) is 6.75. The lowest BCUT2D eigenvalue weighted by Gasteiger charge is -2.12. The number of carbonyl (C=O) groups is 3. The number of anilines is 1. The van der Waals surface area contributed by atoms with E-state index in [0.717, 1.165) is 6.07 Å². The molecule has 6 N–H and O–H groups in total. The Morgan fingerprint density at radius 1 is 1.24 bits per heavy atom. The number of amides is 2. The molecule has 1 aromatic rings. The van der Waals surface area contributed by atoms with Crippen LogP contribution in [0, 0.1) is 11.6 Å². The van der Waals surface area contributed by atoms with Crippen LogP contribution in [0.25, 0.3) is 0 Å². The van der Waals surface area contributed by atoms with Gasteiger partial charge in [-0.3, -0.25) is 14.4 Å². The standard InChI is InChI=1S/C12H13F2N3O4/c13-6-4-7(14)9(3-5(6)11(16)20)17-12(21)8(15)1-2-10(18)19/h3-4,8H,1-2,15H2,(H2,16,20)(H,17,21)(H,18,19). The van der Waals surface area contributed by atoms with Gasteiger partial charge >= 0.3 is 5.97 Å². The highest BCUT2D eigenvalue weighted by Gasteiger charge is 2.19. The molecule has 7 nitrogen and oxygen atoms in total. The van der Waals surface area contributed by atoms with Crippen molar-refractivity contribution in [3.05, 3.63) is 29.3 Å². The summed E-state index contributed by atoms with van der Waals surface area (Å²) in [5.41, 5.74) is 9.27. The van der Waals surface area contributed by atoms with Crippen LogP contribution in [0.3, 0.4) is 0 Å². The molecule has 0 heterocycles. The summed E-state index contributed by atoms with van der Waals surface area (Å²) in [5, 5.41) is 10.5. The van der Waals surface area contributed by atoms with Gasteiger partial charge in [0, 0.05) is 12.5 Å². The smallest absolute Gasteiger partial charge is 0.303 e. The molecule has 0 saturated carbocycles. The topological polar surface area (TPSA) is 136 Å². The summed E-state index contributed by atoms with van der Waals surface area (Å²) < 4.78 is 26.7. The second-order valence-corrected chi connectivity index (χ2v) is 4.20. The Hall–Kier alpha value is -2.55. The van der Waals surface area contributed by atoms with Crippen LogP contribution < -0.4 is 16.8 Å². The number of primary amides is 1. The van der Waals surface area contributed by atoms with Crippen molar-refractivity contribution in [2.45, 2.75) is 18.9 Å². The first-order valence-corrected chi connectivity index (χ1v) is 5.79. The van der Waals surface area contributed by atoms with Gasteiger partial charge in [0.15, 0.2) is 0 Å². The lowest BCUT2D eigenvalue weighted by atomic mass is 10.1. The molecule has 2 amide bonds. The van der Waals surface area contributed by atoms with Gasteiger partial charge in [-0.05, 0) is 12.5 Å². The number of nitrogens with two attached hydrogens (primary N) is 2. The first-order chi connectivity index (χ1) is 9.72. The van der Waals surface area contributed by atoms with Crippen molar-refractivity contribution in [2.24, 2.45) is 11.5 Å². The van der Waals surface area contributed by atoms with Crippen molar-refractivity contribution in [2.75, 3.05) is 5.32 Å². The van der Waals surface area contributed by atoms with Gasteiger partial charge in [0.05, 0.1) is 17.3 Å². The Balaban J connectivity index is 2.87. The van der Waals surface area contributed by atoms with Gasteiger partial charge in [0.2, 0.25) is 5.91 Å². The molecule has 0 saturated heterocycles. The normalized spacial score (nSPS) is 11.8. The van der Waals surface area contributed by atoms with E-state index < -0.39 is 46.7 Å². The highest BCUT2D eigenvalue weighted by atomic mass is 19.1. The maximum Gasteiger partial charge on any atom is 0.303 e. The van der Waals surface area contributed by atoms with Crippen molar-refractivity contribution < 1.29 is 28.3 Å². The number of carboxylic acids is 1. The van der Waals surface area contributed by atoms with Crippen molar-refractivity contribution >= 4 is 23.5 Å². The van der Waals surface area contributed by atoms with Crippen LogP contribution in [0.15, 0.2) is 12.1 Å². The number of hydrogen-bond acceptors (Lipinski definition) is 4. The molecule has 114 valence electrons. The fourth-order valence-electron chi connectivity index (χ4n) is 1.47. The van der Waals surface area contributed by atoms with E-state index in [1.165, 1.54) is 0 Å². The fraction of sp³-hybridized carbons (Fsp3) is 0.250. The molecule has 0 aliphatic heterocycles. The molecule has 1 atom stereocenters. The Labute approximate surface area is 117 Å². The van der Waals surface area contributed by atoms with E-state index in [2.05, 4.69) is 0 Å². The molecule has 0 aliphatic carbocycles. The zero-order chi connectivity index (χ0) is 16.2. The van der Waals surface area contributed by atoms with Crippen LogP contribution in [0.4, 0.5) is 14.5 Å². The van der Waals surface area contributed by atoms with E-state index in [1.807, 2.05) is 5.32 Å². The second-order valence-electron chi connectivity index (χ2n) is 4.20. The zero-order valence-corrected chi connectivity index (χ0v) is 10.7. The Kier molecular flexibility index (Phi) is 5.30. The molecule has 1 aromatic carbocycles. The van der Waals surface area contributed by atoms with Crippen molar-refractivity contribution in [1.29, 1.82) is 0 Å². The molecule has 21 heavy (non-hydrogen) atoms. The highest BCUT2D eigenvalue weighted by Crippen LogP contribution is 2.19.